The maximum atomic E-state index is 10.7. The van der Waals surface area contributed by atoms with Crippen molar-refractivity contribution >= 4 is 15.9 Å². The second kappa shape index (κ2) is 5.84. The molecule has 0 spiro atoms. The largest absolute Gasteiger partial charge is 0.382 e. The zero-order valence-electron chi connectivity index (χ0n) is 11.6. The maximum Gasteiger partial charge on any atom is 0.121 e. The Balaban J connectivity index is 2.03. The number of para-hydroxylation sites is 1. The Morgan fingerprint density at radius 2 is 1.86 bits per heavy atom. The van der Waals surface area contributed by atoms with Crippen LogP contribution in [-0.2, 0) is 0 Å². The lowest BCUT2D eigenvalue weighted by molar-refractivity contribution is 0.211. The topological polar surface area (TPSA) is 38.1 Å². The van der Waals surface area contributed by atoms with Gasteiger partial charge in [0.25, 0.3) is 0 Å². The van der Waals surface area contributed by atoms with Crippen molar-refractivity contribution in [1.29, 1.82) is 0 Å². The summed E-state index contributed by atoms with van der Waals surface area (Å²) < 4.78 is 2.78. The second-order valence-corrected chi connectivity index (χ2v) is 5.82. The minimum absolute atomic E-state index is 0.708. The van der Waals surface area contributed by atoms with Crippen molar-refractivity contribution in [2.75, 3.05) is 0 Å². The quantitative estimate of drug-likeness (QED) is 0.780. The summed E-state index contributed by atoms with van der Waals surface area (Å²) >= 11 is 3.45. The van der Waals surface area contributed by atoms with E-state index in [0.717, 1.165) is 27.0 Å². The molecular weight excluding hydrogens is 328 g/mol. The lowest BCUT2D eigenvalue weighted by Gasteiger charge is -2.16. The highest BCUT2D eigenvalue weighted by Crippen LogP contribution is 2.28. The van der Waals surface area contributed by atoms with Crippen LogP contribution in [0.4, 0.5) is 0 Å². The minimum Gasteiger partial charge on any atom is -0.382 e. The molecule has 0 aliphatic carbocycles. The number of halogens is 1. The maximum absolute atomic E-state index is 10.7. The van der Waals surface area contributed by atoms with E-state index in [-0.39, 0.29) is 0 Å². The third-order valence-corrected chi connectivity index (χ3v) is 3.97. The van der Waals surface area contributed by atoms with Gasteiger partial charge in [0, 0.05) is 10.7 Å². The van der Waals surface area contributed by atoms with Crippen molar-refractivity contribution in [1.82, 2.24) is 9.78 Å². The van der Waals surface area contributed by atoms with Gasteiger partial charge >= 0.3 is 0 Å². The molecule has 0 fully saturated rings. The van der Waals surface area contributed by atoms with E-state index in [4.69, 9.17) is 0 Å². The molecule has 4 heteroatoms. The van der Waals surface area contributed by atoms with E-state index in [1.165, 1.54) is 0 Å². The highest BCUT2D eigenvalue weighted by Gasteiger charge is 2.18. The van der Waals surface area contributed by atoms with Crippen molar-refractivity contribution in [2.24, 2.45) is 0 Å². The van der Waals surface area contributed by atoms with Gasteiger partial charge in [0.1, 0.15) is 6.10 Å². The standard InChI is InChI=1S/C17H15BrN2O/c1-12-11-13(18)7-8-15(12)17(21)16-9-10-19-20(16)14-5-3-2-4-6-14/h2-11,17,21H,1H3. The van der Waals surface area contributed by atoms with Crippen LogP contribution < -0.4 is 0 Å². The number of aromatic nitrogens is 2. The molecule has 1 N–H and O–H groups in total. The summed E-state index contributed by atoms with van der Waals surface area (Å²) in [5, 5.41) is 15.0. The zero-order chi connectivity index (χ0) is 14.8. The molecule has 0 saturated heterocycles. The fraction of sp³-hybridized carbons (Fsp3) is 0.118. The lowest BCUT2D eigenvalue weighted by atomic mass is 10.0. The number of nitrogens with zero attached hydrogens (tertiary/aromatic N) is 2. The van der Waals surface area contributed by atoms with Crippen LogP contribution in [0.3, 0.4) is 0 Å². The predicted octanol–water partition coefficient (Wildman–Crippen LogP) is 4.02. The van der Waals surface area contributed by atoms with Gasteiger partial charge in [-0.05, 0) is 48.4 Å². The second-order valence-electron chi connectivity index (χ2n) is 4.91. The number of aryl methyl sites for hydroxylation is 1. The summed E-state index contributed by atoms with van der Waals surface area (Å²) in [6, 6.07) is 17.5. The Morgan fingerprint density at radius 1 is 1.10 bits per heavy atom. The molecule has 0 aliphatic rings. The van der Waals surface area contributed by atoms with E-state index in [0.29, 0.717) is 0 Å². The van der Waals surface area contributed by atoms with E-state index in [2.05, 4.69) is 21.0 Å². The van der Waals surface area contributed by atoms with Gasteiger partial charge in [0.15, 0.2) is 0 Å². The van der Waals surface area contributed by atoms with Crippen LogP contribution in [0.15, 0.2) is 65.3 Å². The minimum atomic E-state index is -0.708. The summed E-state index contributed by atoms with van der Waals surface area (Å²) in [5.41, 5.74) is 3.62. The molecule has 3 rings (SSSR count). The molecule has 3 nitrogen and oxygen atoms in total. The van der Waals surface area contributed by atoms with Crippen molar-refractivity contribution < 1.29 is 5.11 Å². The molecule has 1 aromatic heterocycles. The number of benzene rings is 2. The van der Waals surface area contributed by atoms with Gasteiger partial charge in [0.05, 0.1) is 11.4 Å². The Kier molecular flexibility index (Phi) is 3.90. The van der Waals surface area contributed by atoms with Gasteiger partial charge in [0.2, 0.25) is 0 Å². The Morgan fingerprint density at radius 3 is 2.57 bits per heavy atom. The Hall–Kier alpha value is -1.91. The van der Waals surface area contributed by atoms with E-state index in [1.807, 2.05) is 61.5 Å². The third kappa shape index (κ3) is 2.77. The summed E-state index contributed by atoms with van der Waals surface area (Å²) in [5.74, 6) is 0. The molecule has 1 heterocycles. The molecule has 0 radical (unpaired) electrons. The van der Waals surface area contributed by atoms with Crippen LogP contribution >= 0.6 is 15.9 Å². The molecule has 1 atom stereocenters. The molecule has 21 heavy (non-hydrogen) atoms. The predicted molar refractivity (Wildman–Crippen MR) is 86.5 cm³/mol. The van der Waals surface area contributed by atoms with Crippen molar-refractivity contribution in [3.63, 3.8) is 0 Å². The number of aliphatic hydroxyl groups is 1. The molecule has 106 valence electrons. The van der Waals surface area contributed by atoms with Gasteiger partial charge < -0.3 is 5.11 Å². The first kappa shape index (κ1) is 14.0. The zero-order valence-corrected chi connectivity index (χ0v) is 13.2. The number of aliphatic hydroxyl groups excluding tert-OH is 1. The first-order chi connectivity index (χ1) is 10.2. The number of hydrogen-bond donors (Lipinski definition) is 1. The summed E-state index contributed by atoms with van der Waals surface area (Å²) in [7, 11) is 0. The van der Waals surface area contributed by atoms with Crippen molar-refractivity contribution in [2.45, 2.75) is 13.0 Å². The number of hydrogen-bond acceptors (Lipinski definition) is 2. The van der Waals surface area contributed by atoms with Crippen molar-refractivity contribution in [3.8, 4) is 5.69 Å². The van der Waals surface area contributed by atoms with Gasteiger partial charge in [-0.2, -0.15) is 5.10 Å². The molecule has 0 bridgehead atoms. The van der Waals surface area contributed by atoms with E-state index >= 15 is 0 Å². The van der Waals surface area contributed by atoms with Gasteiger partial charge in [-0.1, -0.05) is 40.2 Å². The average molecular weight is 343 g/mol. The molecular formula is C17H15BrN2O. The SMILES string of the molecule is Cc1cc(Br)ccc1C(O)c1ccnn1-c1ccccc1. The first-order valence-corrected chi connectivity index (χ1v) is 7.49. The highest BCUT2D eigenvalue weighted by molar-refractivity contribution is 9.10. The van der Waals surface area contributed by atoms with Crippen LogP contribution in [0.1, 0.15) is 22.9 Å². The average Bonchev–Trinajstić information content (AvgIpc) is 2.97. The smallest absolute Gasteiger partial charge is 0.121 e. The molecule has 0 amide bonds. The third-order valence-electron chi connectivity index (χ3n) is 3.48. The summed E-state index contributed by atoms with van der Waals surface area (Å²) in [4.78, 5) is 0. The lowest BCUT2D eigenvalue weighted by Crippen LogP contribution is -2.09. The fourth-order valence-electron chi connectivity index (χ4n) is 2.41. The van der Waals surface area contributed by atoms with Gasteiger partial charge in [-0.25, -0.2) is 4.68 Å². The highest BCUT2D eigenvalue weighted by atomic mass is 79.9. The van der Waals surface area contributed by atoms with Gasteiger partial charge in [-0.3, -0.25) is 0 Å². The molecule has 0 aliphatic heterocycles. The van der Waals surface area contributed by atoms with E-state index < -0.39 is 6.10 Å². The molecule has 2 aromatic carbocycles. The van der Waals surface area contributed by atoms with Crippen LogP contribution in [0.2, 0.25) is 0 Å². The van der Waals surface area contributed by atoms with E-state index in [1.54, 1.807) is 10.9 Å². The first-order valence-electron chi connectivity index (χ1n) is 6.70. The summed E-state index contributed by atoms with van der Waals surface area (Å²) in [6.07, 6.45) is 1.00. The van der Waals surface area contributed by atoms with Gasteiger partial charge in [-0.15, -0.1) is 0 Å². The normalized spacial score (nSPS) is 12.3. The van der Waals surface area contributed by atoms with Crippen LogP contribution in [-0.4, -0.2) is 14.9 Å². The Labute approximate surface area is 132 Å². The Bertz CT molecular complexity index is 752. The molecule has 3 aromatic rings. The monoisotopic (exact) mass is 342 g/mol. The molecule has 0 saturated carbocycles. The fourth-order valence-corrected chi connectivity index (χ4v) is 2.89. The molecule has 1 unspecified atom stereocenters. The van der Waals surface area contributed by atoms with Crippen LogP contribution in [0, 0.1) is 6.92 Å². The summed E-state index contributed by atoms with van der Waals surface area (Å²) in [6.45, 7) is 1.99. The van der Waals surface area contributed by atoms with Crippen LogP contribution in [0.5, 0.6) is 0 Å². The van der Waals surface area contributed by atoms with Crippen LogP contribution in [0.25, 0.3) is 5.69 Å². The van der Waals surface area contributed by atoms with E-state index in [9.17, 15) is 5.11 Å². The van der Waals surface area contributed by atoms with Crippen molar-refractivity contribution in [3.05, 3.63) is 82.1 Å². The number of rotatable bonds is 3.